The number of guanidine groups is 1. The van der Waals surface area contributed by atoms with Crippen LogP contribution in [0.5, 0.6) is 0 Å². The molecule has 1 spiro atoms. The monoisotopic (exact) mass is 370 g/mol. The molecule has 3 heterocycles. The van der Waals surface area contributed by atoms with Gasteiger partial charge in [0.05, 0.1) is 0 Å². The first kappa shape index (κ1) is 18.3. The van der Waals surface area contributed by atoms with Gasteiger partial charge in [-0.05, 0) is 25.7 Å². The number of piperidine rings is 1. The number of rotatable bonds is 3. The zero-order valence-electron chi connectivity index (χ0n) is 16.4. The number of carbonyl (C=O) groups excluding carboxylic acids is 1. The van der Waals surface area contributed by atoms with E-state index < -0.39 is 5.54 Å². The Bertz CT molecular complexity index is 700. The summed E-state index contributed by atoms with van der Waals surface area (Å²) in [7, 11) is 3.81. The number of aliphatic imine (C=N–C) groups is 1. The number of nitrogens with one attached hydrogen (secondary N) is 1. The van der Waals surface area contributed by atoms with Crippen molar-refractivity contribution in [1.82, 2.24) is 25.1 Å². The number of hydrogen-bond acceptors (Lipinski definition) is 6. The second-order valence-corrected chi connectivity index (χ2v) is 8.38. The Kier molecular flexibility index (Phi) is 5.12. The third-order valence-electron chi connectivity index (χ3n) is 6.18. The Labute approximate surface area is 161 Å². The fourth-order valence-electron chi connectivity index (χ4n) is 4.41. The summed E-state index contributed by atoms with van der Waals surface area (Å²) in [5.41, 5.74) is 0.580. The summed E-state index contributed by atoms with van der Waals surface area (Å²) in [5, 5.41) is 2.91. The Morgan fingerprint density at radius 1 is 1.15 bits per heavy atom. The van der Waals surface area contributed by atoms with Crippen LogP contribution in [0, 0.1) is 0 Å². The van der Waals surface area contributed by atoms with Gasteiger partial charge in [-0.1, -0.05) is 19.3 Å². The van der Waals surface area contributed by atoms with Crippen LogP contribution in [-0.4, -0.2) is 64.4 Å². The SMILES string of the molecule is CN(C)C1=NC2(CCN(Cc3cnc(C4CCCCC4)nc3)CC2)C(=O)N1. The van der Waals surface area contributed by atoms with Crippen molar-refractivity contribution in [2.45, 2.75) is 62.9 Å². The minimum Gasteiger partial charge on any atom is -0.349 e. The summed E-state index contributed by atoms with van der Waals surface area (Å²) in [6.07, 6.45) is 11.9. The fourth-order valence-corrected chi connectivity index (χ4v) is 4.41. The van der Waals surface area contributed by atoms with E-state index in [9.17, 15) is 4.79 Å². The van der Waals surface area contributed by atoms with Crippen molar-refractivity contribution in [1.29, 1.82) is 0 Å². The van der Waals surface area contributed by atoms with Crippen LogP contribution in [0.1, 0.15) is 62.3 Å². The minimum absolute atomic E-state index is 0.0472. The normalized spacial score (nSPS) is 23.3. The van der Waals surface area contributed by atoms with E-state index in [-0.39, 0.29) is 5.91 Å². The summed E-state index contributed by atoms with van der Waals surface area (Å²) in [6, 6.07) is 0. The van der Waals surface area contributed by atoms with Crippen molar-refractivity contribution in [2.75, 3.05) is 27.2 Å². The maximum atomic E-state index is 12.4. The van der Waals surface area contributed by atoms with Crippen molar-refractivity contribution >= 4 is 11.9 Å². The summed E-state index contributed by atoms with van der Waals surface area (Å²) in [5.74, 6) is 2.29. The molecule has 1 saturated heterocycles. The largest absolute Gasteiger partial charge is 0.349 e. The van der Waals surface area contributed by atoms with Crippen molar-refractivity contribution in [2.24, 2.45) is 4.99 Å². The smallest absolute Gasteiger partial charge is 0.254 e. The Morgan fingerprint density at radius 2 is 1.81 bits per heavy atom. The summed E-state index contributed by atoms with van der Waals surface area (Å²) < 4.78 is 0. The zero-order chi connectivity index (χ0) is 18.9. The van der Waals surface area contributed by atoms with E-state index in [0.717, 1.165) is 43.9 Å². The van der Waals surface area contributed by atoms with Gasteiger partial charge in [0.1, 0.15) is 11.4 Å². The third-order valence-corrected chi connectivity index (χ3v) is 6.18. The highest BCUT2D eigenvalue weighted by atomic mass is 16.2. The number of hydrogen-bond donors (Lipinski definition) is 1. The first-order valence-electron chi connectivity index (χ1n) is 10.2. The molecule has 1 N–H and O–H groups in total. The molecule has 0 unspecified atom stereocenters. The Hall–Kier alpha value is -2.02. The fraction of sp³-hybridized carbons (Fsp3) is 0.700. The highest BCUT2D eigenvalue weighted by Gasteiger charge is 2.46. The number of aromatic nitrogens is 2. The number of nitrogens with zero attached hydrogens (tertiary/aromatic N) is 5. The lowest BCUT2D eigenvalue weighted by molar-refractivity contribution is -0.125. The first-order valence-corrected chi connectivity index (χ1v) is 10.2. The van der Waals surface area contributed by atoms with Crippen molar-refractivity contribution < 1.29 is 4.79 Å². The maximum absolute atomic E-state index is 12.4. The van der Waals surface area contributed by atoms with Crippen LogP contribution in [0.2, 0.25) is 0 Å². The maximum Gasteiger partial charge on any atom is 0.254 e. The average Bonchev–Trinajstić information content (AvgIpc) is 3.02. The molecule has 4 rings (SSSR count). The molecule has 1 amide bonds. The van der Waals surface area contributed by atoms with Gasteiger partial charge in [-0.2, -0.15) is 0 Å². The van der Waals surface area contributed by atoms with Gasteiger partial charge < -0.3 is 4.90 Å². The van der Waals surface area contributed by atoms with Crippen LogP contribution in [0.4, 0.5) is 0 Å². The molecule has 27 heavy (non-hydrogen) atoms. The molecule has 3 aliphatic rings. The molecule has 2 fully saturated rings. The molecule has 0 aromatic carbocycles. The molecule has 0 bridgehead atoms. The molecular weight excluding hydrogens is 340 g/mol. The van der Waals surface area contributed by atoms with E-state index >= 15 is 0 Å². The quantitative estimate of drug-likeness (QED) is 0.880. The topological polar surface area (TPSA) is 73.7 Å². The van der Waals surface area contributed by atoms with E-state index in [0.29, 0.717) is 11.9 Å². The first-order chi connectivity index (χ1) is 13.1. The molecule has 1 aromatic rings. The second kappa shape index (κ2) is 7.54. The van der Waals surface area contributed by atoms with Gasteiger partial charge >= 0.3 is 0 Å². The van der Waals surface area contributed by atoms with Crippen molar-refractivity contribution in [3.63, 3.8) is 0 Å². The van der Waals surface area contributed by atoms with E-state index in [2.05, 4.69) is 20.2 Å². The van der Waals surface area contributed by atoms with Crippen LogP contribution in [0.15, 0.2) is 17.4 Å². The molecule has 1 aliphatic carbocycles. The van der Waals surface area contributed by atoms with Crippen LogP contribution in [0.3, 0.4) is 0 Å². The predicted molar refractivity (Wildman–Crippen MR) is 104 cm³/mol. The van der Waals surface area contributed by atoms with Crippen molar-refractivity contribution in [3.05, 3.63) is 23.8 Å². The molecule has 1 saturated carbocycles. The molecule has 7 nitrogen and oxygen atoms in total. The van der Waals surface area contributed by atoms with Crippen molar-refractivity contribution in [3.8, 4) is 0 Å². The highest BCUT2D eigenvalue weighted by molar-refractivity contribution is 6.07. The average molecular weight is 371 g/mol. The van der Waals surface area contributed by atoms with Gasteiger partial charge in [0.25, 0.3) is 5.91 Å². The molecule has 0 atom stereocenters. The number of likely N-dealkylation sites (tertiary alicyclic amines) is 1. The van der Waals surface area contributed by atoms with E-state index in [4.69, 9.17) is 4.99 Å². The molecular formula is C20H30N6O. The van der Waals surface area contributed by atoms with Crippen LogP contribution < -0.4 is 5.32 Å². The second-order valence-electron chi connectivity index (χ2n) is 8.38. The molecule has 0 radical (unpaired) electrons. The van der Waals surface area contributed by atoms with E-state index in [1.165, 1.54) is 32.1 Å². The van der Waals surface area contributed by atoms with Gasteiger partial charge in [-0.15, -0.1) is 0 Å². The summed E-state index contributed by atoms with van der Waals surface area (Å²) in [6.45, 7) is 2.57. The van der Waals surface area contributed by atoms with E-state index in [1.54, 1.807) is 0 Å². The van der Waals surface area contributed by atoms with Gasteiger partial charge in [0, 0.05) is 57.6 Å². The van der Waals surface area contributed by atoms with Gasteiger partial charge in [-0.3, -0.25) is 15.0 Å². The van der Waals surface area contributed by atoms with Crippen LogP contribution in [0.25, 0.3) is 0 Å². The standard InChI is InChI=1S/C20H30N6O/c1-25(2)19-23-18(27)20(24-19)8-10-26(11-9-20)14-15-12-21-17(22-13-15)16-6-4-3-5-7-16/h12-13,16H,3-11,14H2,1-2H3,(H,23,24,27). The molecule has 146 valence electrons. The lowest BCUT2D eigenvalue weighted by Crippen LogP contribution is -2.49. The Morgan fingerprint density at radius 3 is 2.41 bits per heavy atom. The lowest BCUT2D eigenvalue weighted by Gasteiger charge is -2.35. The van der Waals surface area contributed by atoms with Gasteiger partial charge in [0.15, 0.2) is 0 Å². The van der Waals surface area contributed by atoms with Crippen LogP contribution in [-0.2, 0) is 11.3 Å². The van der Waals surface area contributed by atoms with Gasteiger partial charge in [-0.25, -0.2) is 15.0 Å². The summed E-state index contributed by atoms with van der Waals surface area (Å²) >= 11 is 0. The van der Waals surface area contributed by atoms with E-state index in [1.807, 2.05) is 31.4 Å². The van der Waals surface area contributed by atoms with Gasteiger partial charge in [0.2, 0.25) is 5.96 Å². The Balaban J connectivity index is 1.33. The summed E-state index contributed by atoms with van der Waals surface area (Å²) in [4.78, 5) is 30.7. The number of amides is 1. The highest BCUT2D eigenvalue weighted by Crippen LogP contribution is 2.32. The number of carbonyl (C=O) groups is 1. The predicted octanol–water partition coefficient (Wildman–Crippen LogP) is 1.91. The lowest BCUT2D eigenvalue weighted by atomic mass is 9.88. The third kappa shape index (κ3) is 3.83. The molecule has 2 aliphatic heterocycles. The molecule has 1 aromatic heterocycles. The minimum atomic E-state index is -0.572. The zero-order valence-corrected chi connectivity index (χ0v) is 16.4. The van der Waals surface area contributed by atoms with Crippen LogP contribution >= 0.6 is 0 Å². The molecule has 7 heteroatoms.